The molecule has 0 aromatic rings. The van der Waals surface area contributed by atoms with E-state index in [9.17, 15) is 0 Å². The minimum atomic E-state index is 0.300. The maximum Gasteiger partial charge on any atom is -0.00564 e. The largest absolute Gasteiger partial charge is 0.0845 e. The lowest BCUT2D eigenvalue weighted by molar-refractivity contribution is -0.163. The molecule has 0 nitrogen and oxygen atoms in total. The van der Waals surface area contributed by atoms with Gasteiger partial charge in [-0.1, -0.05) is 92.0 Å². The summed E-state index contributed by atoms with van der Waals surface area (Å²) in [6.45, 7) is 28.7. The number of allylic oxidation sites excluding steroid dienone is 4. The lowest BCUT2D eigenvalue weighted by Crippen LogP contribution is -2.62. The molecule has 3 saturated carbocycles. The van der Waals surface area contributed by atoms with Crippen LogP contribution in [-0.2, 0) is 0 Å². The summed E-state index contributed by atoms with van der Waals surface area (Å²) in [5, 5.41) is 0. The van der Waals surface area contributed by atoms with Crippen molar-refractivity contribution in [3.63, 3.8) is 0 Å². The molecule has 0 amide bonds. The van der Waals surface area contributed by atoms with Gasteiger partial charge in [-0.3, -0.25) is 0 Å². The van der Waals surface area contributed by atoms with E-state index in [0.717, 1.165) is 11.8 Å². The summed E-state index contributed by atoms with van der Waals surface area (Å²) in [5.74, 6) is 1.69. The van der Waals surface area contributed by atoms with E-state index in [-0.39, 0.29) is 0 Å². The fourth-order valence-electron chi connectivity index (χ4n) is 11.0. The molecule has 6 atom stereocenters. The van der Waals surface area contributed by atoms with Crippen molar-refractivity contribution in [2.75, 3.05) is 0 Å². The summed E-state index contributed by atoms with van der Waals surface area (Å²) in [4.78, 5) is 0. The summed E-state index contributed by atoms with van der Waals surface area (Å²) < 4.78 is 0. The summed E-state index contributed by atoms with van der Waals surface area (Å²) in [6, 6.07) is 0. The van der Waals surface area contributed by atoms with Crippen LogP contribution in [0.3, 0.4) is 0 Å². The Hall–Kier alpha value is -0.520. The van der Waals surface area contributed by atoms with E-state index in [1.54, 1.807) is 5.57 Å². The van der Waals surface area contributed by atoms with Gasteiger partial charge in [0.2, 0.25) is 0 Å². The number of hydrogen-bond donors (Lipinski definition) is 0. The molecule has 33 heavy (non-hydrogen) atoms. The van der Waals surface area contributed by atoms with Crippen LogP contribution >= 0.6 is 0 Å². The van der Waals surface area contributed by atoms with Gasteiger partial charge in [0.1, 0.15) is 0 Å². The van der Waals surface area contributed by atoms with Crippen LogP contribution in [0.2, 0.25) is 0 Å². The van der Waals surface area contributed by atoms with Gasteiger partial charge < -0.3 is 0 Å². The second-order valence-corrected chi connectivity index (χ2v) is 16.2. The van der Waals surface area contributed by atoms with E-state index < -0.39 is 0 Å². The average molecular weight is 451 g/mol. The van der Waals surface area contributed by atoms with Crippen molar-refractivity contribution < 1.29 is 0 Å². The molecule has 0 heterocycles. The quantitative estimate of drug-likeness (QED) is 0.322. The Morgan fingerprint density at radius 2 is 1.36 bits per heavy atom. The van der Waals surface area contributed by atoms with E-state index >= 15 is 0 Å². The van der Waals surface area contributed by atoms with Crippen molar-refractivity contribution >= 4 is 0 Å². The Labute approximate surface area is 206 Å². The molecule has 5 aliphatic carbocycles. The van der Waals surface area contributed by atoms with E-state index in [4.69, 9.17) is 0 Å². The molecular formula is C33H54. The zero-order valence-electron chi connectivity index (χ0n) is 24.1. The van der Waals surface area contributed by atoms with Crippen LogP contribution in [0.15, 0.2) is 22.8 Å². The SMILES string of the molecule is CC1=CCC2(C)C(CCC3(C)C2CCC2=C4C(C)(C)C(C)(C)CC[C@]4(C)CCC23C)C1(C)C. The van der Waals surface area contributed by atoms with Crippen LogP contribution < -0.4 is 0 Å². The Kier molecular flexibility index (Phi) is 4.85. The van der Waals surface area contributed by atoms with Gasteiger partial charge in [-0.15, -0.1) is 0 Å². The third kappa shape index (κ3) is 2.71. The molecule has 5 rings (SSSR count). The molecule has 3 fully saturated rings. The minimum absolute atomic E-state index is 0.300. The monoisotopic (exact) mass is 450 g/mol. The highest BCUT2D eigenvalue weighted by atomic mass is 14.7. The molecule has 0 heteroatoms. The van der Waals surface area contributed by atoms with Gasteiger partial charge >= 0.3 is 0 Å². The van der Waals surface area contributed by atoms with Crippen LogP contribution in [-0.4, -0.2) is 0 Å². The molecule has 0 spiro atoms. The van der Waals surface area contributed by atoms with Crippen LogP contribution in [0.4, 0.5) is 0 Å². The third-order valence-electron chi connectivity index (χ3n) is 14.4. The van der Waals surface area contributed by atoms with Gasteiger partial charge in [0.05, 0.1) is 0 Å². The standard InChI is InChI=1S/C33H54/c1-22-14-16-31(9)24(28(22,4)5)15-17-33(11)25(31)13-12-23-26-29(6,7)27(2,3)18-19-30(26,8)20-21-32(23,33)10/h14,24-25H,12-13,15-21H2,1-11H3/t24?,25?,30-,31?,32?,33?/m1/s1. The Morgan fingerprint density at radius 3 is 2.03 bits per heavy atom. The molecule has 0 N–H and O–H groups in total. The highest BCUT2D eigenvalue weighted by Gasteiger charge is 2.67. The van der Waals surface area contributed by atoms with Crippen LogP contribution in [0.5, 0.6) is 0 Å². The summed E-state index contributed by atoms with van der Waals surface area (Å²) in [6.07, 6.45) is 15.2. The number of hydrogen-bond acceptors (Lipinski definition) is 0. The van der Waals surface area contributed by atoms with Crippen molar-refractivity contribution in [1.82, 2.24) is 0 Å². The fraction of sp³-hybridized carbons (Fsp3) is 0.879. The van der Waals surface area contributed by atoms with Crippen LogP contribution in [0, 0.1) is 49.7 Å². The van der Waals surface area contributed by atoms with Crippen molar-refractivity contribution in [2.45, 2.75) is 134 Å². The highest BCUT2D eigenvalue weighted by Crippen LogP contribution is 2.76. The van der Waals surface area contributed by atoms with Crippen LogP contribution in [0.1, 0.15) is 134 Å². The molecule has 0 aliphatic heterocycles. The molecule has 0 saturated heterocycles. The normalized spacial score (nSPS) is 49.8. The predicted molar refractivity (Wildman–Crippen MR) is 143 cm³/mol. The van der Waals surface area contributed by atoms with E-state index in [0.29, 0.717) is 37.9 Å². The second kappa shape index (κ2) is 6.62. The first-order valence-electron chi connectivity index (χ1n) is 14.4. The zero-order valence-corrected chi connectivity index (χ0v) is 24.1. The fourth-order valence-corrected chi connectivity index (χ4v) is 11.0. The molecule has 0 bridgehead atoms. The summed E-state index contributed by atoms with van der Waals surface area (Å²) in [5.41, 5.74) is 8.27. The molecule has 5 unspecified atom stereocenters. The van der Waals surface area contributed by atoms with Gasteiger partial charge in [-0.2, -0.15) is 0 Å². The molecular weight excluding hydrogens is 396 g/mol. The first-order chi connectivity index (χ1) is 15.0. The van der Waals surface area contributed by atoms with E-state index in [1.165, 1.54) is 57.8 Å². The molecule has 0 aromatic heterocycles. The smallest absolute Gasteiger partial charge is 0.00564 e. The number of fused-ring (bicyclic) bond motifs is 6. The second-order valence-electron chi connectivity index (χ2n) is 16.2. The van der Waals surface area contributed by atoms with Gasteiger partial charge in [0.25, 0.3) is 0 Å². The lowest BCUT2D eigenvalue weighted by atomic mass is 9.33. The van der Waals surface area contributed by atoms with Crippen molar-refractivity contribution in [2.24, 2.45) is 49.7 Å². The maximum atomic E-state index is 2.76. The first-order valence-corrected chi connectivity index (χ1v) is 14.4. The van der Waals surface area contributed by atoms with Crippen molar-refractivity contribution in [3.05, 3.63) is 22.8 Å². The van der Waals surface area contributed by atoms with E-state index in [1.807, 2.05) is 11.1 Å². The Bertz CT molecular complexity index is 924. The summed E-state index contributed by atoms with van der Waals surface area (Å²) in [7, 11) is 0. The van der Waals surface area contributed by atoms with Gasteiger partial charge in [0.15, 0.2) is 0 Å². The average Bonchev–Trinajstić information content (AvgIpc) is 2.70. The van der Waals surface area contributed by atoms with Crippen molar-refractivity contribution in [1.29, 1.82) is 0 Å². The van der Waals surface area contributed by atoms with E-state index in [2.05, 4.69) is 82.2 Å². The maximum absolute atomic E-state index is 2.76. The van der Waals surface area contributed by atoms with Crippen LogP contribution in [0.25, 0.3) is 0 Å². The zero-order chi connectivity index (χ0) is 24.5. The third-order valence-corrected chi connectivity index (χ3v) is 14.4. The first kappa shape index (κ1) is 24.2. The molecule has 0 aromatic carbocycles. The lowest BCUT2D eigenvalue weighted by Gasteiger charge is -2.71. The molecule has 0 radical (unpaired) electrons. The number of rotatable bonds is 0. The van der Waals surface area contributed by atoms with Gasteiger partial charge in [-0.05, 0) is 114 Å². The van der Waals surface area contributed by atoms with Gasteiger partial charge in [-0.25, -0.2) is 0 Å². The predicted octanol–water partition coefficient (Wildman–Crippen LogP) is 10.1. The molecule has 5 aliphatic rings. The summed E-state index contributed by atoms with van der Waals surface area (Å²) >= 11 is 0. The van der Waals surface area contributed by atoms with Gasteiger partial charge in [0, 0.05) is 0 Å². The Balaban J connectivity index is 1.66. The topological polar surface area (TPSA) is 0 Å². The van der Waals surface area contributed by atoms with Crippen molar-refractivity contribution in [3.8, 4) is 0 Å². The molecule has 186 valence electrons. The Morgan fingerprint density at radius 1 is 0.727 bits per heavy atom. The highest BCUT2D eigenvalue weighted by molar-refractivity contribution is 5.42. The minimum Gasteiger partial charge on any atom is -0.0845 e.